The van der Waals surface area contributed by atoms with Gasteiger partial charge in [0.15, 0.2) is 0 Å². The van der Waals surface area contributed by atoms with Crippen molar-refractivity contribution < 1.29 is 0 Å². The van der Waals surface area contributed by atoms with Gasteiger partial charge in [0.25, 0.3) is 5.96 Å². The van der Waals surface area contributed by atoms with Crippen molar-refractivity contribution in [3.63, 3.8) is 0 Å². The highest BCUT2D eigenvalue weighted by molar-refractivity contribution is 5.86. The second-order valence-electron chi connectivity index (χ2n) is 1.58. The molecule has 0 aromatic heterocycles. The number of aliphatic imine (C=N–C) groups is 1. The van der Waals surface area contributed by atoms with E-state index in [0.717, 1.165) is 0 Å². The van der Waals surface area contributed by atoms with Crippen LogP contribution in [0.1, 0.15) is 0 Å². The van der Waals surface area contributed by atoms with Crippen molar-refractivity contribution in [2.45, 2.75) is 0 Å². The molecule has 0 aliphatic carbocycles. The summed E-state index contributed by atoms with van der Waals surface area (Å²) in [6.07, 6.45) is 6.59. The number of guanidine groups is 1. The fourth-order valence-corrected chi connectivity index (χ4v) is 0.468. The first-order valence-corrected chi connectivity index (χ1v) is 2.91. The van der Waals surface area contributed by atoms with Crippen molar-refractivity contribution in [1.29, 1.82) is 26.3 Å². The molecule has 0 spiro atoms. The van der Waals surface area contributed by atoms with E-state index in [1.807, 2.05) is 0 Å². The zero-order valence-electron chi connectivity index (χ0n) is 6.58. The highest BCUT2D eigenvalue weighted by Gasteiger charge is 2.18. The Morgan fingerprint density at radius 2 is 1.14 bits per heavy atom. The summed E-state index contributed by atoms with van der Waals surface area (Å²) in [7, 11) is 0. The van der Waals surface area contributed by atoms with Gasteiger partial charge >= 0.3 is 0 Å². The van der Waals surface area contributed by atoms with E-state index in [1.165, 1.54) is 31.0 Å². The van der Waals surface area contributed by atoms with Crippen molar-refractivity contribution in [2.75, 3.05) is 0 Å². The highest BCUT2D eigenvalue weighted by atomic mass is 15.4. The maximum atomic E-state index is 8.38. The van der Waals surface area contributed by atoms with Gasteiger partial charge in [0.2, 0.25) is 31.0 Å². The molecule has 8 heteroatoms. The van der Waals surface area contributed by atoms with Crippen LogP contribution in [-0.2, 0) is 0 Å². The summed E-state index contributed by atoms with van der Waals surface area (Å²) in [6, 6.07) is 0. The standard InChI is InChI=1S/C6N8/c7-1-12-6(13(2-8)3-9)14(4-10)5-11. The van der Waals surface area contributed by atoms with Gasteiger partial charge in [-0.15, -0.1) is 14.8 Å². The van der Waals surface area contributed by atoms with Gasteiger partial charge in [0.1, 0.15) is 0 Å². The van der Waals surface area contributed by atoms with E-state index in [9.17, 15) is 0 Å². The Morgan fingerprint density at radius 3 is 1.36 bits per heavy atom. The van der Waals surface area contributed by atoms with Crippen LogP contribution in [0, 0.1) is 57.3 Å². The number of hydrogen-bond donors (Lipinski definition) is 0. The van der Waals surface area contributed by atoms with Crippen LogP contribution in [0.2, 0.25) is 0 Å². The molecule has 0 unspecified atom stereocenters. The third-order valence-corrected chi connectivity index (χ3v) is 0.950. The largest absolute Gasteiger partial charge is 0.267 e. The average molecular weight is 184 g/mol. The lowest BCUT2D eigenvalue weighted by Gasteiger charge is -2.08. The maximum absolute atomic E-state index is 8.38. The van der Waals surface area contributed by atoms with Crippen LogP contribution in [-0.4, -0.2) is 15.8 Å². The summed E-state index contributed by atoms with van der Waals surface area (Å²) in [4.78, 5) is 3.51. The Morgan fingerprint density at radius 1 is 0.786 bits per heavy atom. The fourth-order valence-electron chi connectivity index (χ4n) is 0.468. The lowest BCUT2D eigenvalue weighted by Crippen LogP contribution is -2.33. The molecule has 0 aromatic carbocycles. The molecule has 0 amide bonds. The van der Waals surface area contributed by atoms with E-state index in [1.54, 1.807) is 0 Å². The Kier molecular flexibility index (Phi) is 4.12. The molecule has 0 saturated heterocycles. The molecule has 0 rings (SSSR count). The minimum atomic E-state index is -0.650. The van der Waals surface area contributed by atoms with Crippen LogP contribution in [0.4, 0.5) is 0 Å². The van der Waals surface area contributed by atoms with E-state index in [2.05, 4.69) is 4.99 Å². The number of hydrogen-bond acceptors (Lipinski definition) is 6. The van der Waals surface area contributed by atoms with Gasteiger partial charge in [0, 0.05) is 0 Å². The Hall–Kier alpha value is -3.28. The molecule has 0 aromatic rings. The van der Waals surface area contributed by atoms with Gasteiger partial charge < -0.3 is 0 Å². The molecule has 64 valence electrons. The third kappa shape index (κ3) is 2.10. The zero-order valence-corrected chi connectivity index (χ0v) is 6.58. The smallest absolute Gasteiger partial charge is 0.171 e. The van der Waals surface area contributed by atoms with E-state index in [0.29, 0.717) is 0 Å². The summed E-state index contributed by atoms with van der Waals surface area (Å²) in [5.41, 5.74) is 0. The van der Waals surface area contributed by atoms with E-state index in [4.69, 9.17) is 26.3 Å². The Bertz CT molecular complexity index is 379. The molecular formula is C6N8. The molecule has 0 radical (unpaired) electrons. The molecule has 0 heterocycles. The third-order valence-electron chi connectivity index (χ3n) is 0.950. The van der Waals surface area contributed by atoms with Crippen molar-refractivity contribution in [1.82, 2.24) is 9.80 Å². The molecule has 0 N–H and O–H groups in total. The first kappa shape index (κ1) is 10.7. The summed E-state index contributed by atoms with van der Waals surface area (Å²) >= 11 is 0. The minimum Gasteiger partial charge on any atom is -0.171 e. The molecule has 0 saturated carbocycles. The first-order valence-electron chi connectivity index (χ1n) is 2.91. The van der Waals surface area contributed by atoms with Gasteiger partial charge in [-0.1, -0.05) is 0 Å². The Balaban J connectivity index is 5.26. The van der Waals surface area contributed by atoms with Gasteiger partial charge in [-0.3, -0.25) is 0 Å². The predicted octanol–water partition coefficient (Wildman–Crippen LogP) is -0.648. The SMILES string of the molecule is N#CN=C(N(C#N)C#N)N(C#N)C#N. The lowest BCUT2D eigenvalue weighted by atomic mass is 10.7. The Labute approximate surface area is 78.9 Å². The van der Waals surface area contributed by atoms with Crippen LogP contribution in [0.5, 0.6) is 0 Å². The lowest BCUT2D eigenvalue weighted by molar-refractivity contribution is 0.656. The van der Waals surface area contributed by atoms with Crippen molar-refractivity contribution >= 4 is 5.96 Å². The van der Waals surface area contributed by atoms with Crippen LogP contribution >= 0.6 is 0 Å². The summed E-state index contributed by atoms with van der Waals surface area (Å²) < 4.78 is 0. The van der Waals surface area contributed by atoms with Crippen LogP contribution < -0.4 is 0 Å². The van der Waals surface area contributed by atoms with E-state index >= 15 is 0 Å². The quantitative estimate of drug-likeness (QED) is 0.211. The second-order valence-corrected chi connectivity index (χ2v) is 1.58. The monoisotopic (exact) mass is 184 g/mol. The highest BCUT2D eigenvalue weighted by Crippen LogP contribution is 1.94. The molecule has 0 aliphatic heterocycles. The average Bonchev–Trinajstić information content (AvgIpc) is 2.21. The summed E-state index contributed by atoms with van der Waals surface area (Å²) in [5, 5.41) is 41.7. The van der Waals surface area contributed by atoms with Crippen molar-refractivity contribution in [2.24, 2.45) is 4.99 Å². The molecule has 14 heavy (non-hydrogen) atoms. The van der Waals surface area contributed by atoms with E-state index < -0.39 is 5.96 Å². The molecule has 0 atom stereocenters. The van der Waals surface area contributed by atoms with Crippen molar-refractivity contribution in [3.8, 4) is 31.0 Å². The van der Waals surface area contributed by atoms with Crippen LogP contribution in [0.15, 0.2) is 4.99 Å². The molecule has 0 aliphatic rings. The van der Waals surface area contributed by atoms with E-state index in [-0.39, 0.29) is 9.80 Å². The zero-order chi connectivity index (χ0) is 11.0. The van der Waals surface area contributed by atoms with Gasteiger partial charge in [0.05, 0.1) is 0 Å². The van der Waals surface area contributed by atoms with Crippen LogP contribution in [0.3, 0.4) is 0 Å². The molecule has 0 bridgehead atoms. The van der Waals surface area contributed by atoms with Gasteiger partial charge in [-0.25, -0.2) is 0 Å². The first-order chi connectivity index (χ1) is 6.74. The summed E-state index contributed by atoms with van der Waals surface area (Å²) in [5.74, 6) is -0.650. The maximum Gasteiger partial charge on any atom is 0.267 e. The fraction of sp³-hybridized carbons (Fsp3) is 0. The number of nitrogens with zero attached hydrogens (tertiary/aromatic N) is 8. The molecule has 8 nitrogen and oxygen atoms in total. The van der Waals surface area contributed by atoms with Gasteiger partial charge in [-0.2, -0.15) is 26.3 Å². The normalized spacial score (nSPS) is 6.21. The number of rotatable bonds is 0. The minimum absolute atomic E-state index is 0.260. The number of nitriles is 5. The van der Waals surface area contributed by atoms with Gasteiger partial charge in [-0.05, 0) is 0 Å². The second kappa shape index (κ2) is 5.38. The van der Waals surface area contributed by atoms with Crippen molar-refractivity contribution in [3.05, 3.63) is 0 Å². The molecular weight excluding hydrogens is 184 g/mol. The predicted molar refractivity (Wildman–Crippen MR) is 39.2 cm³/mol. The topological polar surface area (TPSA) is 138 Å². The summed E-state index contributed by atoms with van der Waals surface area (Å²) in [6.45, 7) is 0. The molecule has 0 fully saturated rings. The van der Waals surface area contributed by atoms with Crippen LogP contribution in [0.25, 0.3) is 0 Å².